The zero-order chi connectivity index (χ0) is 18.3. The minimum atomic E-state index is -4.65. The number of alkyl halides is 3. The van der Waals surface area contributed by atoms with E-state index in [2.05, 4.69) is 0 Å². The van der Waals surface area contributed by atoms with Crippen LogP contribution in [0.4, 0.5) is 18.9 Å². The van der Waals surface area contributed by atoms with Crippen molar-refractivity contribution < 1.29 is 31.1 Å². The number of primary sulfonamides is 1. The summed E-state index contributed by atoms with van der Waals surface area (Å²) in [6.45, 7) is 2.16. The Morgan fingerprint density at radius 2 is 1.84 bits per heavy atom. The standard InChI is InChI=1S/C15H19F3N2O4S/c16-15(17,18)11-1-2-12(13(9-11)25(19,21)22)20-5-8-24-14(10-20)3-6-23-7-4-14/h1-2,9H,3-8,10H2,(H2,19,21,22). The molecule has 6 nitrogen and oxygen atoms in total. The van der Waals surface area contributed by atoms with Gasteiger partial charge in [-0.15, -0.1) is 0 Å². The minimum Gasteiger partial charge on any atom is -0.381 e. The van der Waals surface area contributed by atoms with Crippen LogP contribution in [0.3, 0.4) is 0 Å². The number of sulfonamides is 1. The Labute approximate surface area is 143 Å². The highest BCUT2D eigenvalue weighted by Gasteiger charge is 2.40. The van der Waals surface area contributed by atoms with Crippen molar-refractivity contribution in [1.29, 1.82) is 0 Å². The molecule has 2 aliphatic rings. The number of anilines is 1. The Morgan fingerprint density at radius 1 is 1.16 bits per heavy atom. The van der Waals surface area contributed by atoms with Gasteiger partial charge in [0.1, 0.15) is 4.90 Å². The van der Waals surface area contributed by atoms with E-state index < -0.39 is 32.3 Å². The quantitative estimate of drug-likeness (QED) is 0.845. The maximum atomic E-state index is 12.9. The van der Waals surface area contributed by atoms with E-state index in [9.17, 15) is 21.6 Å². The highest BCUT2D eigenvalue weighted by atomic mass is 32.2. The predicted molar refractivity (Wildman–Crippen MR) is 83.8 cm³/mol. The van der Waals surface area contributed by atoms with Gasteiger partial charge in [-0.1, -0.05) is 0 Å². The molecular weight excluding hydrogens is 361 g/mol. The largest absolute Gasteiger partial charge is 0.416 e. The lowest BCUT2D eigenvalue weighted by Gasteiger charge is -2.46. The maximum absolute atomic E-state index is 12.9. The van der Waals surface area contributed by atoms with E-state index in [-0.39, 0.29) is 5.69 Å². The third-order valence-electron chi connectivity index (χ3n) is 4.59. The van der Waals surface area contributed by atoms with Crippen LogP contribution < -0.4 is 10.0 Å². The molecule has 0 radical (unpaired) electrons. The second-order valence-electron chi connectivity index (χ2n) is 6.29. The molecule has 25 heavy (non-hydrogen) atoms. The molecule has 0 aliphatic carbocycles. The molecule has 1 aromatic rings. The fourth-order valence-electron chi connectivity index (χ4n) is 3.28. The van der Waals surface area contributed by atoms with Crippen molar-refractivity contribution >= 4 is 15.7 Å². The Bertz CT molecular complexity index is 740. The Morgan fingerprint density at radius 3 is 2.44 bits per heavy atom. The summed E-state index contributed by atoms with van der Waals surface area (Å²) < 4.78 is 73.8. The van der Waals surface area contributed by atoms with Crippen molar-refractivity contribution in [3.05, 3.63) is 23.8 Å². The van der Waals surface area contributed by atoms with Crippen molar-refractivity contribution in [2.24, 2.45) is 5.14 Å². The van der Waals surface area contributed by atoms with E-state index in [0.29, 0.717) is 51.8 Å². The molecule has 140 valence electrons. The lowest BCUT2D eigenvalue weighted by atomic mass is 9.92. The van der Waals surface area contributed by atoms with E-state index in [1.54, 1.807) is 4.90 Å². The third kappa shape index (κ3) is 3.91. The second-order valence-corrected chi connectivity index (χ2v) is 7.82. The third-order valence-corrected chi connectivity index (χ3v) is 5.53. The number of rotatable bonds is 2. The van der Waals surface area contributed by atoms with Crippen LogP contribution in [-0.4, -0.2) is 46.9 Å². The molecule has 0 aromatic heterocycles. The number of hydrogen-bond acceptors (Lipinski definition) is 5. The van der Waals surface area contributed by atoms with Gasteiger partial charge in [0.05, 0.1) is 23.5 Å². The van der Waals surface area contributed by atoms with E-state index >= 15 is 0 Å². The first-order chi connectivity index (χ1) is 11.6. The number of halogens is 3. The summed E-state index contributed by atoms with van der Waals surface area (Å²) in [4.78, 5) is 1.21. The fraction of sp³-hybridized carbons (Fsp3) is 0.600. The molecule has 2 heterocycles. The van der Waals surface area contributed by atoms with Gasteiger partial charge in [0.15, 0.2) is 0 Å². The van der Waals surface area contributed by atoms with Gasteiger partial charge in [0, 0.05) is 39.1 Å². The van der Waals surface area contributed by atoms with Gasteiger partial charge in [-0.05, 0) is 18.2 Å². The first-order valence-corrected chi connectivity index (χ1v) is 9.36. The van der Waals surface area contributed by atoms with Crippen molar-refractivity contribution in [2.45, 2.75) is 29.5 Å². The number of morpholine rings is 1. The van der Waals surface area contributed by atoms with Crippen LogP contribution in [0.5, 0.6) is 0 Å². The fourth-order valence-corrected chi connectivity index (χ4v) is 4.06. The lowest BCUT2D eigenvalue weighted by Crippen LogP contribution is -2.54. The van der Waals surface area contributed by atoms with Gasteiger partial charge < -0.3 is 14.4 Å². The van der Waals surface area contributed by atoms with Crippen LogP contribution >= 0.6 is 0 Å². The SMILES string of the molecule is NS(=O)(=O)c1cc(C(F)(F)F)ccc1N1CCOC2(CCOCC2)C1. The van der Waals surface area contributed by atoms with E-state index in [4.69, 9.17) is 14.6 Å². The van der Waals surface area contributed by atoms with Crippen LogP contribution in [0.1, 0.15) is 18.4 Å². The molecule has 10 heteroatoms. The first kappa shape index (κ1) is 18.4. The Balaban J connectivity index is 1.98. The topological polar surface area (TPSA) is 81.9 Å². The number of ether oxygens (including phenoxy) is 2. The molecule has 2 fully saturated rings. The predicted octanol–water partition coefficient (Wildman–Crippen LogP) is 1.74. The summed E-state index contributed by atoms with van der Waals surface area (Å²) in [5, 5.41) is 5.17. The van der Waals surface area contributed by atoms with Crippen molar-refractivity contribution in [2.75, 3.05) is 37.8 Å². The summed E-state index contributed by atoms with van der Waals surface area (Å²) >= 11 is 0. The number of hydrogen-bond donors (Lipinski definition) is 1. The molecule has 1 spiro atoms. The molecule has 0 unspecified atom stereocenters. The molecule has 0 atom stereocenters. The Kier molecular flexibility index (Phi) is 4.73. The van der Waals surface area contributed by atoms with E-state index in [1.807, 2.05) is 0 Å². The summed E-state index contributed by atoms with van der Waals surface area (Å²) in [7, 11) is -4.32. The molecule has 2 aliphatic heterocycles. The van der Waals surface area contributed by atoms with Gasteiger partial charge in [-0.3, -0.25) is 0 Å². The molecule has 2 N–H and O–H groups in total. The maximum Gasteiger partial charge on any atom is 0.416 e. The average molecular weight is 380 g/mol. The zero-order valence-corrected chi connectivity index (χ0v) is 14.2. The van der Waals surface area contributed by atoms with Gasteiger partial charge in [0.2, 0.25) is 10.0 Å². The van der Waals surface area contributed by atoms with Crippen LogP contribution in [0.15, 0.2) is 23.1 Å². The number of benzene rings is 1. The summed E-state index contributed by atoms with van der Waals surface area (Å²) in [5.74, 6) is 0. The van der Waals surface area contributed by atoms with Crippen molar-refractivity contribution in [3.8, 4) is 0 Å². The summed E-state index contributed by atoms with van der Waals surface area (Å²) in [6.07, 6.45) is -3.35. The smallest absolute Gasteiger partial charge is 0.381 e. The zero-order valence-electron chi connectivity index (χ0n) is 13.4. The first-order valence-electron chi connectivity index (χ1n) is 7.82. The van der Waals surface area contributed by atoms with Gasteiger partial charge in [0.25, 0.3) is 0 Å². The molecule has 0 amide bonds. The lowest BCUT2D eigenvalue weighted by molar-refractivity contribution is -0.137. The summed E-state index contributed by atoms with van der Waals surface area (Å²) in [5.41, 5.74) is -1.35. The van der Waals surface area contributed by atoms with Crippen LogP contribution in [-0.2, 0) is 25.7 Å². The molecule has 0 bridgehead atoms. The number of nitrogens with zero attached hydrogens (tertiary/aromatic N) is 1. The minimum absolute atomic E-state index is 0.171. The molecular formula is C15H19F3N2O4S. The van der Waals surface area contributed by atoms with Crippen LogP contribution in [0, 0.1) is 0 Å². The molecule has 1 aromatic carbocycles. The van der Waals surface area contributed by atoms with Crippen molar-refractivity contribution in [1.82, 2.24) is 0 Å². The van der Waals surface area contributed by atoms with Gasteiger partial charge in [-0.2, -0.15) is 13.2 Å². The Hall–Kier alpha value is -1.36. The summed E-state index contributed by atoms with van der Waals surface area (Å²) in [6, 6.07) is 2.63. The highest BCUT2D eigenvalue weighted by Crippen LogP contribution is 2.37. The molecule has 0 saturated carbocycles. The van der Waals surface area contributed by atoms with Gasteiger partial charge >= 0.3 is 6.18 Å². The van der Waals surface area contributed by atoms with E-state index in [0.717, 1.165) is 6.07 Å². The monoisotopic (exact) mass is 380 g/mol. The van der Waals surface area contributed by atoms with Crippen molar-refractivity contribution in [3.63, 3.8) is 0 Å². The normalized spacial score (nSPS) is 21.5. The highest BCUT2D eigenvalue weighted by molar-refractivity contribution is 7.89. The molecule has 3 rings (SSSR count). The second kappa shape index (κ2) is 6.42. The number of nitrogens with two attached hydrogens (primary N) is 1. The van der Waals surface area contributed by atoms with Crippen LogP contribution in [0.2, 0.25) is 0 Å². The van der Waals surface area contributed by atoms with Crippen LogP contribution in [0.25, 0.3) is 0 Å². The molecule has 2 saturated heterocycles. The van der Waals surface area contributed by atoms with E-state index in [1.165, 1.54) is 6.07 Å². The van der Waals surface area contributed by atoms with Gasteiger partial charge in [-0.25, -0.2) is 13.6 Å². The average Bonchev–Trinajstić information content (AvgIpc) is 2.53.